The van der Waals surface area contributed by atoms with Crippen LogP contribution in [0.25, 0.3) is 0 Å². The quantitative estimate of drug-likeness (QED) is 0.775. The molecule has 1 aromatic carbocycles. The first-order valence-electron chi connectivity index (χ1n) is 8.84. The number of benzene rings is 1. The minimum Gasteiger partial charge on any atom is -0.497 e. The lowest BCUT2D eigenvalue weighted by atomic mass is 10.2. The van der Waals surface area contributed by atoms with Crippen LogP contribution in [-0.2, 0) is 20.9 Å². The summed E-state index contributed by atoms with van der Waals surface area (Å²) in [6.45, 7) is 9.14. The second-order valence-corrected chi connectivity index (χ2v) is 6.71. The van der Waals surface area contributed by atoms with E-state index in [1.54, 1.807) is 7.11 Å². The number of rotatable bonds is 8. The van der Waals surface area contributed by atoms with Crippen molar-refractivity contribution < 1.29 is 19.0 Å². The number of morpholine rings is 1. The first kappa shape index (κ1) is 19.7. The molecular formula is C19H30N2O4. The fourth-order valence-corrected chi connectivity index (χ4v) is 3.04. The van der Waals surface area contributed by atoms with E-state index in [1.807, 2.05) is 24.3 Å². The highest BCUT2D eigenvalue weighted by Crippen LogP contribution is 2.14. The Bertz CT molecular complexity index is 542. The van der Waals surface area contributed by atoms with Gasteiger partial charge in [0.1, 0.15) is 12.4 Å². The van der Waals surface area contributed by atoms with Crippen LogP contribution < -0.4 is 10.1 Å². The van der Waals surface area contributed by atoms with Gasteiger partial charge in [-0.2, -0.15) is 0 Å². The molecule has 1 aromatic rings. The average molecular weight is 350 g/mol. The molecule has 6 heteroatoms. The molecule has 1 fully saturated rings. The van der Waals surface area contributed by atoms with Crippen LogP contribution >= 0.6 is 0 Å². The van der Waals surface area contributed by atoms with Gasteiger partial charge in [-0.05, 0) is 38.5 Å². The van der Waals surface area contributed by atoms with Gasteiger partial charge in [0.15, 0.2) is 0 Å². The molecule has 0 radical (unpaired) electrons. The van der Waals surface area contributed by atoms with Crippen LogP contribution in [0, 0.1) is 0 Å². The third-order valence-electron chi connectivity index (χ3n) is 4.30. The average Bonchev–Trinajstić information content (AvgIpc) is 2.59. The van der Waals surface area contributed by atoms with Gasteiger partial charge in [-0.15, -0.1) is 0 Å². The molecule has 6 nitrogen and oxygen atoms in total. The third-order valence-corrected chi connectivity index (χ3v) is 4.30. The Labute approximate surface area is 150 Å². The maximum atomic E-state index is 12.0. The fraction of sp³-hybridized carbons (Fsp3) is 0.632. The van der Waals surface area contributed by atoms with Gasteiger partial charge >= 0.3 is 0 Å². The van der Waals surface area contributed by atoms with Crippen LogP contribution in [-0.4, -0.2) is 62.4 Å². The van der Waals surface area contributed by atoms with Crippen molar-refractivity contribution >= 4 is 5.91 Å². The minimum absolute atomic E-state index is 0.0554. The monoisotopic (exact) mass is 350 g/mol. The zero-order valence-corrected chi connectivity index (χ0v) is 15.7. The fourth-order valence-electron chi connectivity index (χ4n) is 3.04. The van der Waals surface area contributed by atoms with Crippen molar-refractivity contribution in [3.05, 3.63) is 29.8 Å². The van der Waals surface area contributed by atoms with E-state index >= 15 is 0 Å². The smallest absolute Gasteiger partial charge is 0.246 e. The van der Waals surface area contributed by atoms with E-state index in [2.05, 4.69) is 31.0 Å². The highest BCUT2D eigenvalue weighted by Gasteiger charge is 2.25. The number of carbonyl (C=O) groups excluding carboxylic acids is 1. The first-order valence-corrected chi connectivity index (χ1v) is 8.84. The van der Waals surface area contributed by atoms with E-state index in [4.69, 9.17) is 14.2 Å². The largest absolute Gasteiger partial charge is 0.497 e. The molecule has 1 amide bonds. The number of ether oxygens (including phenoxy) is 3. The number of amides is 1. The molecule has 0 aliphatic carbocycles. The van der Waals surface area contributed by atoms with E-state index in [9.17, 15) is 4.79 Å². The minimum atomic E-state index is -0.0934. The lowest BCUT2D eigenvalue weighted by Gasteiger charge is -2.38. The van der Waals surface area contributed by atoms with Crippen molar-refractivity contribution in [2.45, 2.75) is 45.6 Å². The molecule has 0 aromatic heterocycles. The van der Waals surface area contributed by atoms with Crippen molar-refractivity contribution in [3.63, 3.8) is 0 Å². The van der Waals surface area contributed by atoms with Gasteiger partial charge in [0, 0.05) is 25.7 Å². The highest BCUT2D eigenvalue weighted by molar-refractivity contribution is 5.77. The molecule has 0 unspecified atom stereocenters. The normalized spacial score (nSPS) is 22.4. The molecule has 140 valence electrons. The molecule has 2 rings (SSSR count). The van der Waals surface area contributed by atoms with Crippen LogP contribution in [0.2, 0.25) is 0 Å². The standard InChI is InChI=1S/C19H30N2O4/c1-14(21-10-15(2)25-16(3)11-21)9-20-19(22)13-24-12-17-6-5-7-18(8-17)23-4/h5-8,14-16H,9-13H2,1-4H3,(H,20,22)/t14-,15-,16-/m0/s1. The summed E-state index contributed by atoms with van der Waals surface area (Å²) in [5.74, 6) is 0.692. The van der Waals surface area contributed by atoms with Crippen molar-refractivity contribution in [3.8, 4) is 5.75 Å². The SMILES string of the molecule is COc1cccc(COCC(=O)NC[C@H](C)N2C[C@H](C)O[C@@H](C)C2)c1. The lowest BCUT2D eigenvalue weighted by Crippen LogP contribution is -2.52. The van der Waals surface area contributed by atoms with Gasteiger partial charge in [-0.1, -0.05) is 12.1 Å². The van der Waals surface area contributed by atoms with E-state index in [0.29, 0.717) is 13.2 Å². The molecule has 1 saturated heterocycles. The lowest BCUT2D eigenvalue weighted by molar-refractivity contribution is -0.126. The molecule has 1 N–H and O–H groups in total. The van der Waals surface area contributed by atoms with E-state index in [-0.39, 0.29) is 30.8 Å². The van der Waals surface area contributed by atoms with Gasteiger partial charge in [0.05, 0.1) is 25.9 Å². The molecule has 0 bridgehead atoms. The summed E-state index contributed by atoms with van der Waals surface area (Å²) in [5, 5.41) is 2.95. The maximum absolute atomic E-state index is 12.0. The van der Waals surface area contributed by atoms with Gasteiger partial charge in [0.2, 0.25) is 5.91 Å². The van der Waals surface area contributed by atoms with Gasteiger partial charge in [-0.3, -0.25) is 9.69 Å². The molecule has 0 spiro atoms. The summed E-state index contributed by atoms with van der Waals surface area (Å²) in [6, 6.07) is 7.91. The predicted molar refractivity (Wildman–Crippen MR) is 96.7 cm³/mol. The highest BCUT2D eigenvalue weighted by atomic mass is 16.5. The number of nitrogens with zero attached hydrogens (tertiary/aromatic N) is 1. The van der Waals surface area contributed by atoms with Crippen LogP contribution in [0.3, 0.4) is 0 Å². The second-order valence-electron chi connectivity index (χ2n) is 6.71. The zero-order valence-electron chi connectivity index (χ0n) is 15.7. The van der Waals surface area contributed by atoms with Gasteiger partial charge in [0.25, 0.3) is 0 Å². The second kappa shape index (κ2) is 9.75. The van der Waals surface area contributed by atoms with E-state index in [1.165, 1.54) is 0 Å². The predicted octanol–water partition coefficient (Wildman–Crippen LogP) is 1.83. The van der Waals surface area contributed by atoms with Crippen LogP contribution in [0.5, 0.6) is 5.75 Å². The first-order chi connectivity index (χ1) is 12.0. The number of hydrogen-bond acceptors (Lipinski definition) is 5. The van der Waals surface area contributed by atoms with Crippen molar-refractivity contribution in [1.82, 2.24) is 10.2 Å². The molecule has 0 saturated carbocycles. The Balaban J connectivity index is 1.66. The third kappa shape index (κ3) is 6.65. The molecule has 1 aliphatic rings. The number of nitrogens with one attached hydrogen (secondary N) is 1. The number of hydrogen-bond donors (Lipinski definition) is 1. The Kier molecular flexibility index (Phi) is 7.68. The molecule has 1 heterocycles. The van der Waals surface area contributed by atoms with Crippen LogP contribution in [0.1, 0.15) is 26.3 Å². The summed E-state index contributed by atoms with van der Waals surface area (Å²) >= 11 is 0. The van der Waals surface area contributed by atoms with Crippen molar-refractivity contribution in [2.24, 2.45) is 0 Å². The summed E-state index contributed by atoms with van der Waals surface area (Å²) < 4.78 is 16.4. The maximum Gasteiger partial charge on any atom is 0.246 e. The number of carbonyl (C=O) groups is 1. The molecule has 3 atom stereocenters. The summed E-state index contributed by atoms with van der Waals surface area (Å²) in [4.78, 5) is 14.3. The Morgan fingerprint density at radius 3 is 2.76 bits per heavy atom. The van der Waals surface area contributed by atoms with Gasteiger partial charge < -0.3 is 19.5 Å². The Hall–Kier alpha value is -1.63. The van der Waals surface area contributed by atoms with E-state index < -0.39 is 0 Å². The van der Waals surface area contributed by atoms with Gasteiger partial charge in [-0.25, -0.2) is 0 Å². The van der Waals surface area contributed by atoms with Crippen LogP contribution in [0.15, 0.2) is 24.3 Å². The Morgan fingerprint density at radius 1 is 1.36 bits per heavy atom. The van der Waals surface area contributed by atoms with Crippen LogP contribution in [0.4, 0.5) is 0 Å². The zero-order chi connectivity index (χ0) is 18.2. The summed E-state index contributed by atoms with van der Waals surface area (Å²) in [6.07, 6.45) is 0.459. The summed E-state index contributed by atoms with van der Waals surface area (Å²) in [5.41, 5.74) is 0.983. The Morgan fingerprint density at radius 2 is 2.08 bits per heavy atom. The van der Waals surface area contributed by atoms with Crippen molar-refractivity contribution in [2.75, 3.05) is 33.4 Å². The molecular weight excluding hydrogens is 320 g/mol. The van der Waals surface area contributed by atoms with Crippen molar-refractivity contribution in [1.29, 1.82) is 0 Å². The number of methoxy groups -OCH3 is 1. The summed E-state index contributed by atoms with van der Waals surface area (Å²) in [7, 11) is 1.63. The van der Waals surface area contributed by atoms with E-state index in [0.717, 1.165) is 24.4 Å². The molecule has 1 aliphatic heterocycles. The topological polar surface area (TPSA) is 60.0 Å². The molecule has 25 heavy (non-hydrogen) atoms.